The fourth-order valence-electron chi connectivity index (χ4n) is 3.83. The Morgan fingerprint density at radius 2 is 1.85 bits per heavy atom. The lowest BCUT2D eigenvalue weighted by molar-refractivity contribution is 0.0953. The van der Waals surface area contributed by atoms with Crippen LogP contribution in [-0.2, 0) is 0 Å². The maximum absolute atomic E-state index is 13.0. The Bertz CT molecular complexity index is 1300. The van der Waals surface area contributed by atoms with Crippen LogP contribution in [0.4, 0.5) is 5.82 Å². The zero-order valence-electron chi connectivity index (χ0n) is 19.3. The molecular formula is C25H28N6O2. The number of aryl methyl sites for hydroxylation is 3. The van der Waals surface area contributed by atoms with Gasteiger partial charge in [0.15, 0.2) is 5.82 Å². The lowest BCUT2D eigenvalue weighted by Gasteiger charge is -2.14. The number of amides is 1. The Morgan fingerprint density at radius 3 is 2.61 bits per heavy atom. The van der Waals surface area contributed by atoms with Gasteiger partial charge in [-0.1, -0.05) is 30.3 Å². The molecule has 0 unspecified atom stereocenters. The first-order valence-electron chi connectivity index (χ1n) is 11.0. The van der Waals surface area contributed by atoms with Crippen molar-refractivity contribution in [3.8, 4) is 11.6 Å². The quantitative estimate of drug-likeness (QED) is 0.399. The number of benzene rings is 2. The molecule has 0 aliphatic rings. The number of rotatable bonds is 8. The van der Waals surface area contributed by atoms with Crippen molar-refractivity contribution < 1.29 is 9.53 Å². The maximum atomic E-state index is 13.0. The van der Waals surface area contributed by atoms with E-state index in [0.717, 1.165) is 22.2 Å². The van der Waals surface area contributed by atoms with Crippen molar-refractivity contribution in [3.05, 3.63) is 71.3 Å². The summed E-state index contributed by atoms with van der Waals surface area (Å²) in [5.74, 6) is 2.45. The van der Waals surface area contributed by atoms with Gasteiger partial charge in [0.25, 0.3) is 5.91 Å². The number of ether oxygens (including phenoxy) is 1. The van der Waals surface area contributed by atoms with E-state index in [1.165, 1.54) is 0 Å². The molecule has 8 nitrogen and oxygen atoms in total. The second-order valence-electron chi connectivity index (χ2n) is 7.77. The summed E-state index contributed by atoms with van der Waals surface area (Å²) in [4.78, 5) is 22.0. The first kappa shape index (κ1) is 22.3. The molecule has 0 saturated carbocycles. The smallest absolute Gasteiger partial charge is 0.255 e. The van der Waals surface area contributed by atoms with Gasteiger partial charge in [-0.2, -0.15) is 5.10 Å². The molecule has 2 aromatic carbocycles. The van der Waals surface area contributed by atoms with E-state index in [4.69, 9.17) is 4.74 Å². The van der Waals surface area contributed by atoms with Crippen LogP contribution >= 0.6 is 0 Å². The molecule has 0 fully saturated rings. The van der Waals surface area contributed by atoms with Gasteiger partial charge in [-0.15, -0.1) is 0 Å². The average molecular weight is 445 g/mol. The number of hydrogen-bond donors (Lipinski definition) is 2. The molecule has 0 aliphatic carbocycles. The molecule has 2 heterocycles. The molecule has 4 aromatic rings. The third kappa shape index (κ3) is 4.95. The van der Waals surface area contributed by atoms with Gasteiger partial charge in [-0.3, -0.25) is 4.79 Å². The molecule has 0 radical (unpaired) electrons. The van der Waals surface area contributed by atoms with Gasteiger partial charge in [0.1, 0.15) is 17.4 Å². The van der Waals surface area contributed by atoms with Gasteiger partial charge in [-0.05, 0) is 50.6 Å². The van der Waals surface area contributed by atoms with Gasteiger partial charge in [-0.25, -0.2) is 14.6 Å². The van der Waals surface area contributed by atoms with Crippen LogP contribution in [0.3, 0.4) is 0 Å². The summed E-state index contributed by atoms with van der Waals surface area (Å²) in [6, 6.07) is 15.5. The topological polar surface area (TPSA) is 94.0 Å². The maximum Gasteiger partial charge on any atom is 0.255 e. The van der Waals surface area contributed by atoms with Crippen molar-refractivity contribution in [2.24, 2.45) is 0 Å². The number of nitrogens with one attached hydrogen (secondary N) is 2. The highest BCUT2D eigenvalue weighted by atomic mass is 16.5. The van der Waals surface area contributed by atoms with E-state index in [9.17, 15) is 4.79 Å². The highest BCUT2D eigenvalue weighted by Gasteiger charge is 2.16. The number of hydrogen-bond acceptors (Lipinski definition) is 6. The van der Waals surface area contributed by atoms with Crippen molar-refractivity contribution in [2.45, 2.75) is 27.7 Å². The van der Waals surface area contributed by atoms with E-state index in [2.05, 4.69) is 25.7 Å². The van der Waals surface area contributed by atoms with Crippen molar-refractivity contribution in [3.63, 3.8) is 0 Å². The van der Waals surface area contributed by atoms with Crippen molar-refractivity contribution >= 4 is 22.5 Å². The van der Waals surface area contributed by atoms with E-state index in [-0.39, 0.29) is 5.91 Å². The standard InChI is InChI=1S/C25H28N6O2/c1-5-33-21-11-10-19-8-6-7-9-20(19)24(21)25(32)27-13-12-26-22-15-23(29-18(4)28-22)31-17(3)14-16(2)30-31/h6-11,14-15H,5,12-13H2,1-4H3,(H,27,32)(H,26,28,29). The summed E-state index contributed by atoms with van der Waals surface area (Å²) in [5.41, 5.74) is 2.49. The monoisotopic (exact) mass is 444 g/mol. The summed E-state index contributed by atoms with van der Waals surface area (Å²) in [6.07, 6.45) is 0. The largest absolute Gasteiger partial charge is 0.493 e. The fraction of sp³-hybridized carbons (Fsp3) is 0.280. The Labute approximate surface area is 193 Å². The number of nitrogens with zero attached hydrogens (tertiary/aromatic N) is 4. The number of anilines is 1. The van der Waals surface area contributed by atoms with Crippen LogP contribution in [0.2, 0.25) is 0 Å². The number of carbonyl (C=O) groups excluding carboxylic acids is 1. The fourth-order valence-corrected chi connectivity index (χ4v) is 3.83. The number of aromatic nitrogens is 4. The normalized spacial score (nSPS) is 10.9. The van der Waals surface area contributed by atoms with Crippen LogP contribution in [0.5, 0.6) is 5.75 Å². The summed E-state index contributed by atoms with van der Waals surface area (Å²) in [5, 5.41) is 12.6. The van der Waals surface area contributed by atoms with E-state index in [1.807, 2.05) is 76.2 Å². The van der Waals surface area contributed by atoms with E-state index in [1.54, 1.807) is 4.68 Å². The summed E-state index contributed by atoms with van der Waals surface area (Å²) >= 11 is 0. The van der Waals surface area contributed by atoms with Crippen LogP contribution in [0.25, 0.3) is 16.6 Å². The Hall–Kier alpha value is -3.94. The van der Waals surface area contributed by atoms with Crippen molar-refractivity contribution in [1.82, 2.24) is 25.1 Å². The van der Waals surface area contributed by atoms with E-state index >= 15 is 0 Å². The van der Waals surface area contributed by atoms with E-state index < -0.39 is 0 Å². The average Bonchev–Trinajstić information content (AvgIpc) is 3.14. The van der Waals surface area contributed by atoms with Gasteiger partial charge >= 0.3 is 0 Å². The second kappa shape index (κ2) is 9.68. The minimum absolute atomic E-state index is 0.167. The summed E-state index contributed by atoms with van der Waals surface area (Å²) in [6.45, 7) is 9.11. The Morgan fingerprint density at radius 1 is 1.03 bits per heavy atom. The Balaban J connectivity index is 1.44. The van der Waals surface area contributed by atoms with Gasteiger partial charge in [0, 0.05) is 24.8 Å². The first-order valence-corrected chi connectivity index (χ1v) is 11.0. The summed E-state index contributed by atoms with van der Waals surface area (Å²) < 4.78 is 7.52. The van der Waals surface area contributed by atoms with Crippen LogP contribution < -0.4 is 15.4 Å². The molecule has 170 valence electrons. The molecule has 0 spiro atoms. The van der Waals surface area contributed by atoms with Crippen LogP contribution in [0.15, 0.2) is 48.5 Å². The molecule has 0 atom stereocenters. The third-order valence-electron chi connectivity index (χ3n) is 5.19. The minimum Gasteiger partial charge on any atom is -0.493 e. The minimum atomic E-state index is -0.167. The highest BCUT2D eigenvalue weighted by Crippen LogP contribution is 2.28. The molecule has 0 bridgehead atoms. The molecule has 4 rings (SSSR count). The SMILES string of the molecule is CCOc1ccc2ccccc2c1C(=O)NCCNc1cc(-n2nc(C)cc2C)nc(C)n1. The highest BCUT2D eigenvalue weighted by molar-refractivity contribution is 6.09. The van der Waals surface area contributed by atoms with Crippen LogP contribution in [0.1, 0.15) is 34.5 Å². The van der Waals surface area contributed by atoms with Gasteiger partial charge in [0.05, 0.1) is 17.9 Å². The van der Waals surface area contributed by atoms with Gasteiger partial charge < -0.3 is 15.4 Å². The lowest BCUT2D eigenvalue weighted by Crippen LogP contribution is -2.29. The lowest BCUT2D eigenvalue weighted by atomic mass is 10.0. The molecular weight excluding hydrogens is 416 g/mol. The molecule has 0 aliphatic heterocycles. The molecule has 2 N–H and O–H groups in total. The van der Waals surface area contributed by atoms with Crippen molar-refractivity contribution in [2.75, 3.05) is 25.0 Å². The third-order valence-corrected chi connectivity index (χ3v) is 5.19. The predicted octanol–water partition coefficient (Wildman–Crippen LogP) is 3.98. The zero-order chi connectivity index (χ0) is 23.4. The zero-order valence-corrected chi connectivity index (χ0v) is 19.3. The predicted molar refractivity (Wildman–Crippen MR) is 129 cm³/mol. The summed E-state index contributed by atoms with van der Waals surface area (Å²) in [7, 11) is 0. The number of carbonyl (C=O) groups is 1. The molecule has 0 saturated heterocycles. The number of fused-ring (bicyclic) bond motifs is 1. The molecule has 1 amide bonds. The van der Waals surface area contributed by atoms with Crippen LogP contribution in [-0.4, -0.2) is 45.4 Å². The van der Waals surface area contributed by atoms with Crippen LogP contribution in [0, 0.1) is 20.8 Å². The molecule has 33 heavy (non-hydrogen) atoms. The van der Waals surface area contributed by atoms with Crippen molar-refractivity contribution in [1.29, 1.82) is 0 Å². The molecule has 2 aromatic heterocycles. The first-order chi connectivity index (χ1) is 16.0. The Kier molecular flexibility index (Phi) is 6.53. The van der Waals surface area contributed by atoms with E-state index in [0.29, 0.717) is 48.5 Å². The van der Waals surface area contributed by atoms with Gasteiger partial charge in [0.2, 0.25) is 0 Å². The molecule has 8 heteroatoms. The second-order valence-corrected chi connectivity index (χ2v) is 7.77.